The monoisotopic (exact) mass is 250 g/mol. The fraction of sp³-hybridized carbons (Fsp3) is 0.167. The summed E-state index contributed by atoms with van der Waals surface area (Å²) < 4.78 is 0. The van der Waals surface area contributed by atoms with Crippen molar-refractivity contribution in [2.24, 2.45) is 0 Å². The van der Waals surface area contributed by atoms with Gasteiger partial charge in [0.2, 0.25) is 0 Å². The molecule has 0 aliphatic carbocycles. The Morgan fingerprint density at radius 2 is 2.12 bits per heavy atom. The Morgan fingerprint density at radius 1 is 1.41 bits per heavy atom. The molecule has 88 valence electrons. The quantitative estimate of drug-likeness (QED) is 0.861. The van der Waals surface area contributed by atoms with Gasteiger partial charge in [0.25, 0.3) is 0 Å². The molecule has 2 aromatic rings. The first-order chi connectivity index (χ1) is 8.00. The highest BCUT2D eigenvalue weighted by atomic mass is 35.5. The maximum absolute atomic E-state index is 10.8. The van der Waals surface area contributed by atoms with Gasteiger partial charge in [0.05, 0.1) is 10.7 Å². The lowest BCUT2D eigenvalue weighted by molar-refractivity contribution is 0.0690. The second-order valence-corrected chi connectivity index (χ2v) is 4.24. The van der Waals surface area contributed by atoms with Crippen LogP contribution in [0.15, 0.2) is 18.2 Å². The number of aryl methyl sites for hydroxylation is 1. The van der Waals surface area contributed by atoms with Gasteiger partial charge in [-0.1, -0.05) is 17.7 Å². The molecule has 1 aromatic heterocycles. The molecule has 0 aliphatic rings. The Hall–Kier alpha value is -1.81. The van der Waals surface area contributed by atoms with Crippen LogP contribution in [0.3, 0.4) is 0 Å². The van der Waals surface area contributed by atoms with E-state index in [1.165, 1.54) is 6.07 Å². The highest BCUT2D eigenvalue weighted by Crippen LogP contribution is 2.31. The van der Waals surface area contributed by atoms with Crippen molar-refractivity contribution in [3.8, 4) is 11.3 Å². The van der Waals surface area contributed by atoms with E-state index in [-0.39, 0.29) is 5.69 Å². The summed E-state index contributed by atoms with van der Waals surface area (Å²) >= 11 is 6.12. The van der Waals surface area contributed by atoms with Crippen LogP contribution in [-0.2, 0) is 0 Å². The van der Waals surface area contributed by atoms with Crippen LogP contribution >= 0.6 is 11.6 Å². The summed E-state index contributed by atoms with van der Waals surface area (Å²) in [4.78, 5) is 10.8. The molecule has 0 aliphatic heterocycles. The number of benzene rings is 1. The number of nitrogens with zero attached hydrogens (tertiary/aromatic N) is 1. The summed E-state index contributed by atoms with van der Waals surface area (Å²) in [5.41, 5.74) is 3.46. The molecular weight excluding hydrogens is 240 g/mol. The van der Waals surface area contributed by atoms with E-state index < -0.39 is 5.97 Å². The van der Waals surface area contributed by atoms with Gasteiger partial charge in [0.15, 0.2) is 0 Å². The van der Waals surface area contributed by atoms with Gasteiger partial charge in [0.1, 0.15) is 5.69 Å². The number of hydrogen-bond donors (Lipinski definition) is 2. The third kappa shape index (κ3) is 2.03. The Bertz CT molecular complexity index is 590. The zero-order chi connectivity index (χ0) is 12.6. The molecule has 0 fully saturated rings. The average Bonchev–Trinajstić information content (AvgIpc) is 2.73. The molecule has 1 heterocycles. The molecule has 2 N–H and O–H groups in total. The minimum Gasteiger partial charge on any atom is -0.477 e. The van der Waals surface area contributed by atoms with E-state index in [2.05, 4.69) is 10.2 Å². The third-order valence-electron chi connectivity index (χ3n) is 2.75. The average molecular weight is 251 g/mol. The maximum atomic E-state index is 10.8. The fourth-order valence-electron chi connectivity index (χ4n) is 1.66. The predicted molar refractivity (Wildman–Crippen MR) is 65.5 cm³/mol. The van der Waals surface area contributed by atoms with E-state index in [1.54, 1.807) is 6.07 Å². The first-order valence-corrected chi connectivity index (χ1v) is 5.43. The Labute approximate surface area is 103 Å². The van der Waals surface area contributed by atoms with E-state index in [1.807, 2.05) is 19.9 Å². The number of aromatic amines is 1. The second kappa shape index (κ2) is 4.22. The van der Waals surface area contributed by atoms with Crippen LogP contribution < -0.4 is 0 Å². The highest BCUT2D eigenvalue weighted by molar-refractivity contribution is 6.33. The van der Waals surface area contributed by atoms with Crippen LogP contribution in [0.1, 0.15) is 21.6 Å². The van der Waals surface area contributed by atoms with Crippen molar-refractivity contribution in [1.29, 1.82) is 0 Å². The van der Waals surface area contributed by atoms with Crippen LogP contribution in [0, 0.1) is 13.8 Å². The zero-order valence-electron chi connectivity index (χ0n) is 9.41. The number of aromatic nitrogens is 2. The molecule has 1 aromatic carbocycles. The van der Waals surface area contributed by atoms with Gasteiger partial charge < -0.3 is 5.11 Å². The molecule has 0 unspecified atom stereocenters. The zero-order valence-corrected chi connectivity index (χ0v) is 10.2. The standard InChI is InChI=1S/C12H11ClN2O2/c1-6-3-4-8(13)11(7(6)2)9-5-10(12(16)17)15-14-9/h3-5H,1-2H3,(H,14,15)(H,16,17). The lowest BCUT2D eigenvalue weighted by Crippen LogP contribution is -1.95. The third-order valence-corrected chi connectivity index (χ3v) is 3.06. The van der Waals surface area contributed by atoms with Gasteiger partial charge in [0, 0.05) is 5.56 Å². The Balaban J connectivity index is 2.60. The van der Waals surface area contributed by atoms with Gasteiger partial charge in [-0.25, -0.2) is 4.79 Å². The summed E-state index contributed by atoms with van der Waals surface area (Å²) in [6, 6.07) is 5.19. The number of rotatable bonds is 2. The number of aromatic carboxylic acids is 1. The largest absolute Gasteiger partial charge is 0.477 e. The molecule has 5 heteroatoms. The minimum absolute atomic E-state index is 0.0528. The highest BCUT2D eigenvalue weighted by Gasteiger charge is 2.14. The first kappa shape index (κ1) is 11.7. The molecule has 0 spiro atoms. The summed E-state index contributed by atoms with van der Waals surface area (Å²) in [7, 11) is 0. The number of hydrogen-bond acceptors (Lipinski definition) is 2. The van der Waals surface area contributed by atoms with Gasteiger partial charge in [-0.05, 0) is 37.1 Å². The number of halogens is 1. The summed E-state index contributed by atoms with van der Waals surface area (Å²) in [6.45, 7) is 3.91. The van der Waals surface area contributed by atoms with Gasteiger partial charge in [-0.15, -0.1) is 0 Å². The van der Waals surface area contributed by atoms with Crippen molar-refractivity contribution in [3.05, 3.63) is 40.0 Å². The summed E-state index contributed by atoms with van der Waals surface area (Å²) in [6.07, 6.45) is 0. The summed E-state index contributed by atoms with van der Waals surface area (Å²) in [5, 5.41) is 15.8. The van der Waals surface area contributed by atoms with Gasteiger partial charge in [-0.3, -0.25) is 5.10 Å². The van der Waals surface area contributed by atoms with E-state index in [0.717, 1.165) is 16.7 Å². The van der Waals surface area contributed by atoms with Gasteiger partial charge in [-0.2, -0.15) is 5.10 Å². The van der Waals surface area contributed by atoms with Crippen molar-refractivity contribution in [2.75, 3.05) is 0 Å². The number of carbonyl (C=O) groups is 1. The van der Waals surface area contributed by atoms with E-state index >= 15 is 0 Å². The maximum Gasteiger partial charge on any atom is 0.353 e. The molecule has 17 heavy (non-hydrogen) atoms. The van der Waals surface area contributed by atoms with Crippen molar-refractivity contribution in [2.45, 2.75) is 13.8 Å². The van der Waals surface area contributed by atoms with Crippen LogP contribution in [-0.4, -0.2) is 21.3 Å². The van der Waals surface area contributed by atoms with E-state index in [4.69, 9.17) is 16.7 Å². The number of carboxylic acids is 1. The van der Waals surface area contributed by atoms with Crippen molar-refractivity contribution in [3.63, 3.8) is 0 Å². The van der Waals surface area contributed by atoms with Crippen LogP contribution in [0.5, 0.6) is 0 Å². The lowest BCUT2D eigenvalue weighted by Gasteiger charge is -2.08. The number of H-pyrrole nitrogens is 1. The molecule has 0 atom stereocenters. The molecule has 4 nitrogen and oxygen atoms in total. The SMILES string of the molecule is Cc1ccc(Cl)c(-c2cc(C(=O)O)[nH]n2)c1C. The molecule has 0 radical (unpaired) electrons. The van der Waals surface area contributed by atoms with Crippen molar-refractivity contribution < 1.29 is 9.90 Å². The Morgan fingerprint density at radius 3 is 2.71 bits per heavy atom. The molecule has 0 saturated heterocycles. The smallest absolute Gasteiger partial charge is 0.353 e. The molecule has 0 bridgehead atoms. The number of carboxylic acid groups (broad SMARTS) is 1. The van der Waals surface area contributed by atoms with Crippen LogP contribution in [0.2, 0.25) is 5.02 Å². The normalized spacial score (nSPS) is 10.5. The molecule has 2 rings (SSSR count). The molecule has 0 saturated carbocycles. The van der Waals surface area contributed by atoms with Gasteiger partial charge >= 0.3 is 5.97 Å². The fourth-order valence-corrected chi connectivity index (χ4v) is 1.96. The number of nitrogens with one attached hydrogen (secondary N) is 1. The Kier molecular flexibility index (Phi) is 2.90. The predicted octanol–water partition coefficient (Wildman–Crippen LogP) is 3.05. The summed E-state index contributed by atoms with van der Waals surface area (Å²) in [5.74, 6) is -1.04. The molecule has 0 amide bonds. The van der Waals surface area contributed by atoms with Crippen molar-refractivity contribution >= 4 is 17.6 Å². The van der Waals surface area contributed by atoms with Crippen LogP contribution in [0.25, 0.3) is 11.3 Å². The lowest BCUT2D eigenvalue weighted by atomic mass is 10.0. The van der Waals surface area contributed by atoms with Crippen molar-refractivity contribution in [1.82, 2.24) is 10.2 Å². The second-order valence-electron chi connectivity index (χ2n) is 3.84. The minimum atomic E-state index is -1.04. The van der Waals surface area contributed by atoms with E-state index in [0.29, 0.717) is 10.7 Å². The van der Waals surface area contributed by atoms with E-state index in [9.17, 15) is 4.79 Å². The molecular formula is C12H11ClN2O2. The first-order valence-electron chi connectivity index (χ1n) is 5.05. The van der Waals surface area contributed by atoms with Crippen LogP contribution in [0.4, 0.5) is 0 Å². The topological polar surface area (TPSA) is 66.0 Å².